The van der Waals surface area contributed by atoms with E-state index in [4.69, 9.17) is 4.74 Å². The lowest BCUT2D eigenvalue weighted by molar-refractivity contribution is -0.117. The lowest BCUT2D eigenvalue weighted by Gasteiger charge is -2.29. The summed E-state index contributed by atoms with van der Waals surface area (Å²) in [4.78, 5) is 40.4. The lowest BCUT2D eigenvalue weighted by atomic mass is 9.86. The van der Waals surface area contributed by atoms with E-state index in [1.165, 1.54) is 12.5 Å². The van der Waals surface area contributed by atoms with Gasteiger partial charge in [-0.2, -0.15) is 5.26 Å². The van der Waals surface area contributed by atoms with Gasteiger partial charge in [-0.25, -0.2) is 14.6 Å². The van der Waals surface area contributed by atoms with Gasteiger partial charge in [-0.3, -0.25) is 10.1 Å². The summed E-state index contributed by atoms with van der Waals surface area (Å²) >= 11 is 1.04. The summed E-state index contributed by atoms with van der Waals surface area (Å²) in [5.74, 6) is -0.707. The number of thioether (sulfide) groups is 1. The van der Waals surface area contributed by atoms with Crippen LogP contribution in [0.5, 0.6) is 0 Å². The van der Waals surface area contributed by atoms with Gasteiger partial charge in [0.25, 0.3) is 0 Å². The molecular weight excluding hydrogens is 392 g/mol. The summed E-state index contributed by atoms with van der Waals surface area (Å²) < 4.78 is 4.96. The van der Waals surface area contributed by atoms with Crippen LogP contribution >= 0.6 is 11.8 Å². The van der Waals surface area contributed by atoms with Crippen molar-refractivity contribution in [2.75, 3.05) is 12.4 Å². The van der Waals surface area contributed by atoms with Crippen LogP contribution in [-0.4, -0.2) is 41.3 Å². The highest BCUT2D eigenvalue weighted by molar-refractivity contribution is 8.00. The maximum absolute atomic E-state index is 12.1. The highest BCUT2D eigenvalue weighted by Gasteiger charge is 2.23. The minimum Gasteiger partial charge on any atom is -0.462 e. The number of hydrogen-bond donors (Lipinski definition) is 2. The minimum atomic E-state index is -0.545. The van der Waals surface area contributed by atoms with Crippen molar-refractivity contribution in [3.63, 3.8) is 0 Å². The topological polar surface area (TPSA) is 121 Å². The van der Waals surface area contributed by atoms with E-state index >= 15 is 0 Å². The highest BCUT2D eigenvalue weighted by atomic mass is 32.2. The Kier molecular flexibility index (Phi) is 8.46. The Hall–Kier alpha value is -2.60. The minimum absolute atomic E-state index is 0.0759. The second-order valence-electron chi connectivity index (χ2n) is 6.98. The van der Waals surface area contributed by atoms with E-state index in [1.807, 2.05) is 6.07 Å². The quantitative estimate of drug-likeness (QED) is 0.538. The Labute approximate surface area is 174 Å². The number of ether oxygens (including phenoxy) is 1. The van der Waals surface area contributed by atoms with E-state index in [-0.39, 0.29) is 29.5 Å². The van der Waals surface area contributed by atoms with E-state index in [1.54, 1.807) is 13.8 Å². The van der Waals surface area contributed by atoms with Crippen LogP contribution in [0.3, 0.4) is 0 Å². The summed E-state index contributed by atoms with van der Waals surface area (Å²) in [6, 6.07) is 2.97. The van der Waals surface area contributed by atoms with E-state index in [9.17, 15) is 19.6 Å². The van der Waals surface area contributed by atoms with E-state index < -0.39 is 17.9 Å². The first kappa shape index (κ1) is 22.7. The average molecular weight is 419 g/mol. The fourth-order valence-corrected chi connectivity index (χ4v) is 4.02. The monoisotopic (exact) mass is 418 g/mol. The van der Waals surface area contributed by atoms with E-state index in [0.29, 0.717) is 16.6 Å². The van der Waals surface area contributed by atoms with Gasteiger partial charge in [0.15, 0.2) is 0 Å². The first-order valence-electron chi connectivity index (χ1n) is 9.67. The number of carbonyl (C=O) groups is 3. The fraction of sp³-hybridized carbons (Fsp3) is 0.550. The zero-order chi connectivity index (χ0) is 21.4. The molecule has 1 aromatic heterocycles. The number of nitrogens with one attached hydrogen (secondary N) is 2. The molecule has 0 saturated heterocycles. The first-order chi connectivity index (χ1) is 13.8. The lowest BCUT2D eigenvalue weighted by Crippen LogP contribution is -2.48. The van der Waals surface area contributed by atoms with Gasteiger partial charge in [-0.15, -0.1) is 0 Å². The highest BCUT2D eigenvalue weighted by Crippen LogP contribution is 2.24. The molecule has 0 spiro atoms. The standard InChI is InChI=1S/C20H26N4O4S/c1-4-28-19(26)15-9-14(10-21)18(22-13(15)3)29-11-17(25)24-20(27)23-16-8-6-5-7-12(16)2/h9,12,16H,4-8,11H2,1-3H3,(H2,23,24,25,27)/t12-,16+/m1/s1. The van der Waals surface area contributed by atoms with Gasteiger partial charge >= 0.3 is 12.0 Å². The van der Waals surface area contributed by atoms with Crippen LogP contribution in [0, 0.1) is 24.2 Å². The number of hydrogen-bond acceptors (Lipinski definition) is 7. The molecule has 8 nitrogen and oxygen atoms in total. The predicted molar refractivity (Wildman–Crippen MR) is 108 cm³/mol. The summed E-state index contributed by atoms with van der Waals surface area (Å²) in [6.45, 7) is 5.65. The van der Waals surface area contributed by atoms with Crippen LogP contribution in [0.2, 0.25) is 0 Å². The molecule has 0 radical (unpaired) electrons. The normalized spacial score (nSPS) is 18.4. The number of amides is 3. The molecule has 3 amide bonds. The summed E-state index contributed by atoms with van der Waals surface area (Å²) in [5.41, 5.74) is 0.810. The molecule has 1 aliphatic rings. The van der Waals surface area contributed by atoms with Gasteiger partial charge in [0.1, 0.15) is 11.1 Å². The molecule has 0 aromatic carbocycles. The van der Waals surface area contributed by atoms with Gasteiger partial charge in [-0.05, 0) is 38.7 Å². The zero-order valence-electron chi connectivity index (χ0n) is 16.9. The molecule has 9 heteroatoms. The summed E-state index contributed by atoms with van der Waals surface area (Å²) in [5, 5.41) is 14.9. The van der Waals surface area contributed by atoms with Crippen LogP contribution in [0.15, 0.2) is 11.1 Å². The maximum atomic E-state index is 12.1. The van der Waals surface area contributed by atoms with Crippen molar-refractivity contribution < 1.29 is 19.1 Å². The van der Waals surface area contributed by atoms with Crippen molar-refractivity contribution in [1.82, 2.24) is 15.6 Å². The number of esters is 1. The second-order valence-corrected chi connectivity index (χ2v) is 7.95. The van der Waals surface area contributed by atoms with Crippen LogP contribution in [0.4, 0.5) is 4.79 Å². The molecule has 29 heavy (non-hydrogen) atoms. The number of imide groups is 1. The third-order valence-electron chi connectivity index (χ3n) is 4.81. The number of rotatable bonds is 6. The largest absolute Gasteiger partial charge is 0.462 e. The Bertz CT molecular complexity index is 821. The second kappa shape index (κ2) is 10.8. The zero-order valence-corrected chi connectivity index (χ0v) is 17.7. The Morgan fingerprint density at radius 3 is 2.72 bits per heavy atom. The molecule has 2 atom stereocenters. The first-order valence-corrected chi connectivity index (χ1v) is 10.7. The Balaban J connectivity index is 1.93. The predicted octanol–water partition coefficient (Wildman–Crippen LogP) is 2.94. The molecule has 1 fully saturated rings. The molecule has 1 heterocycles. The molecule has 1 aliphatic carbocycles. The molecule has 1 aromatic rings. The molecule has 2 N–H and O–H groups in total. The molecule has 0 aliphatic heterocycles. The molecular formula is C20H26N4O4S. The molecule has 0 bridgehead atoms. The number of nitriles is 1. The number of aromatic nitrogens is 1. The number of nitrogens with zero attached hydrogens (tertiary/aromatic N) is 2. The molecule has 156 valence electrons. The number of pyridine rings is 1. The number of carbonyl (C=O) groups excluding carboxylic acids is 3. The molecule has 1 saturated carbocycles. The van der Waals surface area contributed by atoms with Crippen molar-refractivity contribution in [2.45, 2.75) is 57.5 Å². The SMILES string of the molecule is CCOC(=O)c1cc(C#N)c(SCC(=O)NC(=O)N[C@H]2CCCC[C@H]2C)nc1C. The molecule has 0 unspecified atom stereocenters. The number of urea groups is 1. The Morgan fingerprint density at radius 2 is 2.07 bits per heavy atom. The third-order valence-corrected chi connectivity index (χ3v) is 5.81. The third kappa shape index (κ3) is 6.46. The van der Waals surface area contributed by atoms with E-state index in [2.05, 4.69) is 22.5 Å². The number of aryl methyl sites for hydroxylation is 1. The van der Waals surface area contributed by atoms with Gasteiger partial charge in [0, 0.05) is 6.04 Å². The van der Waals surface area contributed by atoms with Crippen molar-refractivity contribution in [2.24, 2.45) is 5.92 Å². The van der Waals surface area contributed by atoms with Crippen molar-refractivity contribution in [3.8, 4) is 6.07 Å². The van der Waals surface area contributed by atoms with Crippen molar-refractivity contribution >= 4 is 29.7 Å². The maximum Gasteiger partial charge on any atom is 0.340 e. The smallest absolute Gasteiger partial charge is 0.340 e. The van der Waals surface area contributed by atoms with Gasteiger partial charge in [0.2, 0.25) is 5.91 Å². The van der Waals surface area contributed by atoms with Crippen molar-refractivity contribution in [1.29, 1.82) is 5.26 Å². The van der Waals surface area contributed by atoms with E-state index in [0.717, 1.165) is 31.0 Å². The van der Waals surface area contributed by atoms with Crippen LogP contribution in [-0.2, 0) is 9.53 Å². The van der Waals surface area contributed by atoms with Gasteiger partial charge < -0.3 is 10.1 Å². The van der Waals surface area contributed by atoms with Crippen LogP contribution in [0.1, 0.15) is 61.1 Å². The van der Waals surface area contributed by atoms with Gasteiger partial charge in [-0.1, -0.05) is 31.5 Å². The molecule has 2 rings (SSSR count). The summed E-state index contributed by atoms with van der Waals surface area (Å²) in [6.07, 6.45) is 4.22. The fourth-order valence-electron chi connectivity index (χ4n) is 3.22. The van der Waals surface area contributed by atoms with Crippen molar-refractivity contribution in [3.05, 3.63) is 22.9 Å². The average Bonchev–Trinajstić information content (AvgIpc) is 2.68. The Morgan fingerprint density at radius 1 is 1.34 bits per heavy atom. The van der Waals surface area contributed by atoms with Crippen LogP contribution in [0.25, 0.3) is 0 Å². The van der Waals surface area contributed by atoms with Crippen LogP contribution < -0.4 is 10.6 Å². The summed E-state index contributed by atoms with van der Waals surface area (Å²) in [7, 11) is 0. The van der Waals surface area contributed by atoms with Gasteiger partial charge in [0.05, 0.1) is 29.2 Å².